The summed E-state index contributed by atoms with van der Waals surface area (Å²) in [6.07, 6.45) is 1.26. The van der Waals surface area contributed by atoms with Crippen molar-refractivity contribution in [2.45, 2.75) is 50.2 Å². The zero-order valence-corrected chi connectivity index (χ0v) is 27.7. The van der Waals surface area contributed by atoms with Crippen LogP contribution in [0.25, 0.3) is 0 Å². The highest BCUT2D eigenvalue weighted by molar-refractivity contribution is 6.71. The van der Waals surface area contributed by atoms with Gasteiger partial charge in [0.2, 0.25) is 12.8 Å². The Morgan fingerprint density at radius 3 is 1.96 bits per heavy atom. The van der Waals surface area contributed by atoms with Gasteiger partial charge in [-0.3, -0.25) is 24.2 Å². The van der Waals surface area contributed by atoms with Crippen LogP contribution in [0.4, 0.5) is 28.4 Å². The Kier molecular flexibility index (Phi) is 8.86. The number of para-hydroxylation sites is 2. The van der Waals surface area contributed by atoms with Gasteiger partial charge >= 0.3 is 0 Å². The van der Waals surface area contributed by atoms with Gasteiger partial charge in [0.1, 0.15) is 0 Å². The van der Waals surface area contributed by atoms with Crippen LogP contribution in [0, 0.1) is 5.92 Å². The molecule has 4 aromatic rings. The van der Waals surface area contributed by atoms with E-state index in [-0.39, 0.29) is 31.0 Å². The number of aliphatic hydroxyl groups is 1. The van der Waals surface area contributed by atoms with E-state index in [2.05, 4.69) is 0 Å². The molecule has 2 aliphatic rings. The van der Waals surface area contributed by atoms with E-state index in [1.165, 1.54) is 4.90 Å². The Labute approximate surface area is 275 Å². The number of aliphatic hydroxyl groups excluding tert-OH is 1. The molecule has 2 heterocycles. The second-order valence-electron chi connectivity index (χ2n) is 12.8. The van der Waals surface area contributed by atoms with Crippen molar-refractivity contribution in [2.75, 3.05) is 21.3 Å². The van der Waals surface area contributed by atoms with E-state index in [0.717, 1.165) is 24.1 Å². The van der Waals surface area contributed by atoms with Gasteiger partial charge in [-0.15, -0.1) is 0 Å². The first kappa shape index (κ1) is 32.3. The minimum absolute atomic E-state index is 0.145. The number of rotatable bonds is 11. The Hall–Kier alpha value is -4.61. The summed E-state index contributed by atoms with van der Waals surface area (Å²) in [6, 6.07) is 31.6. The molecule has 6 rings (SSSR count). The van der Waals surface area contributed by atoms with Crippen molar-refractivity contribution in [1.29, 1.82) is 0 Å². The van der Waals surface area contributed by atoms with Crippen LogP contribution in [0.5, 0.6) is 0 Å². The summed E-state index contributed by atoms with van der Waals surface area (Å²) in [5.41, 5.74) is 2.92. The molecule has 1 saturated heterocycles. The van der Waals surface area contributed by atoms with Gasteiger partial charge in [0, 0.05) is 46.4 Å². The van der Waals surface area contributed by atoms with Crippen LogP contribution in [0.2, 0.25) is 18.6 Å². The third kappa shape index (κ3) is 5.67. The molecule has 2 N–H and O–H groups in total. The standard InChI is InChI=1S/C37H39N3O6Si/c1-26-35(47(2,3)45)34(19-20-41)46-37(26)32-22-31(40(25-43)29-14-8-5-9-15-29)17-18-33(32)38(36(37)44)23-27-11-10-16-30(21-27)39(24-42)28-12-6-4-7-13-28/h4-18,21-22,24-26,34-35,41,45H,19-20,23H2,1-3H3/t26-,34+,35-,37+/m0/s1. The molecule has 3 amide bonds. The van der Waals surface area contributed by atoms with E-state index in [1.807, 2.05) is 123 Å². The number of ether oxygens (including phenoxy) is 1. The molecule has 1 fully saturated rings. The van der Waals surface area contributed by atoms with Gasteiger partial charge in [0.15, 0.2) is 13.9 Å². The SMILES string of the molecule is C[C@H]1[C@H]([Si](C)(C)O)[C@@H](CCO)O[C@]12C(=O)N(Cc1cccc(N(C=O)c3ccccc3)c1)c1ccc(N(C=O)c3ccccc3)cc12. The highest BCUT2D eigenvalue weighted by atomic mass is 28.4. The normalized spacial score (nSPS) is 21.9. The maximum Gasteiger partial charge on any atom is 0.264 e. The van der Waals surface area contributed by atoms with Crippen LogP contribution in [-0.2, 0) is 31.3 Å². The van der Waals surface area contributed by atoms with E-state index in [1.54, 1.807) is 9.80 Å². The fourth-order valence-electron chi connectivity index (χ4n) is 7.48. The van der Waals surface area contributed by atoms with Crippen molar-refractivity contribution in [2.24, 2.45) is 5.92 Å². The van der Waals surface area contributed by atoms with Gasteiger partial charge in [0.25, 0.3) is 5.91 Å². The summed E-state index contributed by atoms with van der Waals surface area (Å²) in [6.45, 7) is 5.69. The Bertz CT molecular complexity index is 1770. The number of benzene rings is 4. The summed E-state index contributed by atoms with van der Waals surface area (Å²) < 4.78 is 6.78. The van der Waals surface area contributed by atoms with Crippen LogP contribution < -0.4 is 14.7 Å². The zero-order chi connectivity index (χ0) is 33.3. The van der Waals surface area contributed by atoms with E-state index in [4.69, 9.17) is 4.74 Å². The van der Waals surface area contributed by atoms with Crippen LogP contribution in [-0.4, -0.2) is 49.7 Å². The van der Waals surface area contributed by atoms with Crippen molar-refractivity contribution in [1.82, 2.24) is 0 Å². The third-order valence-corrected chi connectivity index (χ3v) is 12.0. The summed E-state index contributed by atoms with van der Waals surface area (Å²) in [5, 5.41) is 9.97. The molecule has 0 bridgehead atoms. The molecule has 2 aliphatic heterocycles. The van der Waals surface area contributed by atoms with Gasteiger partial charge in [-0.25, -0.2) is 0 Å². The topological polar surface area (TPSA) is 111 Å². The molecule has 4 atom stereocenters. The predicted octanol–water partition coefficient (Wildman–Crippen LogP) is 6.00. The molecular formula is C37H39N3O6Si. The van der Waals surface area contributed by atoms with Crippen molar-refractivity contribution in [3.63, 3.8) is 0 Å². The van der Waals surface area contributed by atoms with Crippen LogP contribution in [0.15, 0.2) is 103 Å². The molecule has 47 heavy (non-hydrogen) atoms. The fraction of sp³-hybridized carbons (Fsp3) is 0.270. The molecule has 242 valence electrons. The number of anilines is 5. The summed E-state index contributed by atoms with van der Waals surface area (Å²) in [7, 11) is -2.89. The molecule has 1 spiro atoms. The van der Waals surface area contributed by atoms with Gasteiger partial charge in [-0.1, -0.05) is 55.5 Å². The van der Waals surface area contributed by atoms with E-state index in [0.29, 0.717) is 28.3 Å². The van der Waals surface area contributed by atoms with Crippen LogP contribution in [0.1, 0.15) is 24.5 Å². The van der Waals surface area contributed by atoms with Gasteiger partial charge in [0.05, 0.1) is 18.3 Å². The van der Waals surface area contributed by atoms with Crippen LogP contribution in [0.3, 0.4) is 0 Å². The number of fused-ring (bicyclic) bond motifs is 2. The Balaban J connectivity index is 1.45. The molecule has 0 unspecified atom stereocenters. The average molecular weight is 650 g/mol. The molecular weight excluding hydrogens is 611 g/mol. The maximum absolute atomic E-state index is 14.9. The van der Waals surface area contributed by atoms with Crippen molar-refractivity contribution in [3.8, 4) is 0 Å². The number of carbonyl (C=O) groups is 3. The molecule has 0 radical (unpaired) electrons. The summed E-state index contributed by atoms with van der Waals surface area (Å²) >= 11 is 0. The quantitative estimate of drug-likeness (QED) is 0.152. The zero-order valence-electron chi connectivity index (χ0n) is 26.7. The second-order valence-corrected chi connectivity index (χ2v) is 16.7. The lowest BCUT2D eigenvalue weighted by molar-refractivity contribution is -0.146. The molecule has 0 aliphatic carbocycles. The summed E-state index contributed by atoms with van der Waals surface area (Å²) in [4.78, 5) is 55.7. The fourth-order valence-corrected chi connectivity index (χ4v) is 10.1. The largest absolute Gasteiger partial charge is 0.432 e. The number of carbonyl (C=O) groups excluding carboxylic acids is 3. The Morgan fingerprint density at radius 1 is 0.830 bits per heavy atom. The highest BCUT2D eigenvalue weighted by Gasteiger charge is 2.66. The molecule has 4 aromatic carbocycles. The number of hydrogen-bond acceptors (Lipinski definition) is 6. The summed E-state index contributed by atoms with van der Waals surface area (Å²) in [5.74, 6) is -0.687. The van der Waals surface area contributed by atoms with Crippen LogP contribution >= 0.6 is 0 Å². The van der Waals surface area contributed by atoms with Gasteiger partial charge in [-0.2, -0.15) is 0 Å². The monoisotopic (exact) mass is 649 g/mol. The molecule has 9 nitrogen and oxygen atoms in total. The first-order valence-corrected chi connectivity index (χ1v) is 18.8. The van der Waals surface area contributed by atoms with Gasteiger partial charge in [-0.05, 0) is 79.7 Å². The number of nitrogens with zero attached hydrogens (tertiary/aromatic N) is 3. The second kappa shape index (κ2) is 12.9. The molecule has 10 heteroatoms. The van der Waals surface area contributed by atoms with E-state index < -0.39 is 25.9 Å². The minimum atomic E-state index is -2.89. The van der Waals surface area contributed by atoms with Crippen molar-refractivity contribution >= 4 is 55.5 Å². The lowest BCUT2D eigenvalue weighted by atomic mass is 9.82. The molecule has 0 aromatic heterocycles. The Morgan fingerprint density at radius 2 is 1.40 bits per heavy atom. The first-order chi connectivity index (χ1) is 22.6. The lowest BCUT2D eigenvalue weighted by Crippen LogP contribution is -2.46. The smallest absolute Gasteiger partial charge is 0.264 e. The third-order valence-electron chi connectivity index (χ3n) is 9.47. The average Bonchev–Trinajstić information content (AvgIpc) is 3.49. The van der Waals surface area contributed by atoms with E-state index >= 15 is 0 Å². The van der Waals surface area contributed by atoms with Gasteiger partial charge < -0.3 is 19.5 Å². The number of hydrogen-bond donors (Lipinski definition) is 2. The molecule has 0 saturated carbocycles. The minimum Gasteiger partial charge on any atom is -0.432 e. The van der Waals surface area contributed by atoms with Crippen molar-refractivity contribution in [3.05, 3.63) is 114 Å². The highest BCUT2D eigenvalue weighted by Crippen LogP contribution is 2.60. The predicted molar refractivity (Wildman–Crippen MR) is 184 cm³/mol. The van der Waals surface area contributed by atoms with E-state index in [9.17, 15) is 24.3 Å². The maximum atomic E-state index is 14.9. The number of amides is 3. The van der Waals surface area contributed by atoms with Crippen molar-refractivity contribution < 1.29 is 29.0 Å². The lowest BCUT2D eigenvalue weighted by Gasteiger charge is -2.32. The first-order valence-electron chi connectivity index (χ1n) is 15.8.